The zero-order valence-corrected chi connectivity index (χ0v) is 11.8. The van der Waals surface area contributed by atoms with Crippen molar-refractivity contribution in [1.29, 1.82) is 0 Å². The molecule has 0 unspecified atom stereocenters. The van der Waals surface area contributed by atoms with Gasteiger partial charge in [0.2, 0.25) is 0 Å². The average molecular weight is 249 g/mol. The largest absolute Gasteiger partial charge is 0.483 e. The molecule has 0 spiro atoms. The predicted octanol–water partition coefficient (Wildman–Crippen LogP) is 2.80. The quantitative estimate of drug-likeness (QED) is 0.776. The van der Waals surface area contributed by atoms with Gasteiger partial charge in [0.15, 0.2) is 6.61 Å². The SMILES string of the molecule is CCc1cc(C)ccc1OCC(=O)N(CC)CC. The summed E-state index contributed by atoms with van der Waals surface area (Å²) in [7, 11) is 0. The number of nitrogens with zero attached hydrogens (tertiary/aromatic N) is 1. The van der Waals surface area contributed by atoms with Gasteiger partial charge in [-0.2, -0.15) is 0 Å². The van der Waals surface area contributed by atoms with Crippen LogP contribution in [0.25, 0.3) is 0 Å². The van der Waals surface area contributed by atoms with Gasteiger partial charge >= 0.3 is 0 Å². The van der Waals surface area contributed by atoms with E-state index in [1.807, 2.05) is 26.0 Å². The number of ether oxygens (including phenoxy) is 1. The lowest BCUT2D eigenvalue weighted by molar-refractivity contribution is -0.132. The topological polar surface area (TPSA) is 29.5 Å². The minimum Gasteiger partial charge on any atom is -0.483 e. The van der Waals surface area contributed by atoms with Gasteiger partial charge in [0.25, 0.3) is 5.91 Å². The number of rotatable bonds is 6. The molecule has 0 aliphatic rings. The van der Waals surface area contributed by atoms with Crippen molar-refractivity contribution in [2.45, 2.75) is 34.1 Å². The maximum absolute atomic E-state index is 11.8. The maximum atomic E-state index is 11.8. The lowest BCUT2D eigenvalue weighted by atomic mass is 10.1. The van der Waals surface area contributed by atoms with Crippen molar-refractivity contribution in [2.24, 2.45) is 0 Å². The highest BCUT2D eigenvalue weighted by Crippen LogP contribution is 2.20. The van der Waals surface area contributed by atoms with Gasteiger partial charge < -0.3 is 9.64 Å². The van der Waals surface area contributed by atoms with Crippen LogP contribution < -0.4 is 4.74 Å². The Bertz CT molecular complexity index is 397. The van der Waals surface area contributed by atoms with E-state index in [9.17, 15) is 4.79 Å². The molecule has 0 N–H and O–H groups in total. The first-order valence-corrected chi connectivity index (χ1v) is 6.62. The van der Waals surface area contributed by atoms with Crippen molar-refractivity contribution in [1.82, 2.24) is 4.90 Å². The molecule has 100 valence electrons. The lowest BCUT2D eigenvalue weighted by Gasteiger charge is -2.19. The fourth-order valence-electron chi connectivity index (χ4n) is 1.93. The molecule has 0 aromatic heterocycles. The van der Waals surface area contributed by atoms with Crippen molar-refractivity contribution in [2.75, 3.05) is 19.7 Å². The number of hydrogen-bond donors (Lipinski definition) is 0. The third-order valence-corrected chi connectivity index (χ3v) is 3.06. The van der Waals surface area contributed by atoms with E-state index in [1.165, 1.54) is 5.56 Å². The molecule has 0 heterocycles. The van der Waals surface area contributed by atoms with E-state index in [-0.39, 0.29) is 12.5 Å². The van der Waals surface area contributed by atoms with Gasteiger partial charge in [0.1, 0.15) is 5.75 Å². The smallest absolute Gasteiger partial charge is 0.260 e. The van der Waals surface area contributed by atoms with Crippen molar-refractivity contribution in [3.8, 4) is 5.75 Å². The molecule has 3 nitrogen and oxygen atoms in total. The van der Waals surface area contributed by atoms with Gasteiger partial charge in [-0.1, -0.05) is 24.6 Å². The van der Waals surface area contributed by atoms with E-state index in [0.717, 1.165) is 30.8 Å². The van der Waals surface area contributed by atoms with E-state index < -0.39 is 0 Å². The number of likely N-dealkylation sites (N-methyl/N-ethyl adjacent to an activating group) is 1. The van der Waals surface area contributed by atoms with E-state index in [1.54, 1.807) is 4.90 Å². The fraction of sp³-hybridized carbons (Fsp3) is 0.533. The lowest BCUT2D eigenvalue weighted by Crippen LogP contribution is -2.34. The third-order valence-electron chi connectivity index (χ3n) is 3.06. The number of amides is 1. The number of carbonyl (C=O) groups is 1. The summed E-state index contributed by atoms with van der Waals surface area (Å²) in [6.45, 7) is 9.69. The Morgan fingerprint density at radius 1 is 1.22 bits per heavy atom. The molecular formula is C15H23NO2. The molecule has 1 amide bonds. The summed E-state index contributed by atoms with van der Waals surface area (Å²) in [6.07, 6.45) is 0.913. The molecule has 0 atom stereocenters. The Morgan fingerprint density at radius 3 is 2.44 bits per heavy atom. The molecule has 1 aromatic rings. The zero-order chi connectivity index (χ0) is 13.5. The van der Waals surface area contributed by atoms with Crippen LogP contribution in [0.1, 0.15) is 31.9 Å². The summed E-state index contributed by atoms with van der Waals surface area (Å²) in [4.78, 5) is 13.6. The van der Waals surface area contributed by atoms with Crippen LogP contribution in [0.3, 0.4) is 0 Å². The van der Waals surface area contributed by atoms with Crippen LogP contribution in [-0.4, -0.2) is 30.5 Å². The molecule has 0 radical (unpaired) electrons. The molecule has 0 saturated heterocycles. The van der Waals surface area contributed by atoms with Crippen LogP contribution in [0.5, 0.6) is 5.75 Å². The standard InChI is InChI=1S/C15H23NO2/c1-5-13-10-12(4)8-9-14(13)18-11-15(17)16(6-2)7-3/h8-10H,5-7,11H2,1-4H3. The summed E-state index contributed by atoms with van der Waals surface area (Å²) in [5, 5.41) is 0. The number of aryl methyl sites for hydroxylation is 2. The Labute approximate surface area is 110 Å². The zero-order valence-electron chi connectivity index (χ0n) is 11.8. The average Bonchev–Trinajstić information content (AvgIpc) is 2.38. The van der Waals surface area contributed by atoms with Crippen LogP contribution >= 0.6 is 0 Å². The predicted molar refractivity (Wildman–Crippen MR) is 74.0 cm³/mol. The first-order valence-electron chi connectivity index (χ1n) is 6.62. The number of hydrogen-bond acceptors (Lipinski definition) is 2. The first-order chi connectivity index (χ1) is 8.62. The Balaban J connectivity index is 2.66. The Morgan fingerprint density at radius 2 is 1.89 bits per heavy atom. The second kappa shape index (κ2) is 7.04. The van der Waals surface area contributed by atoms with Crippen molar-refractivity contribution < 1.29 is 9.53 Å². The summed E-state index contributed by atoms with van der Waals surface area (Å²) in [5.41, 5.74) is 2.37. The Kier molecular flexibility index (Phi) is 5.69. The Hall–Kier alpha value is -1.51. The number of benzene rings is 1. The van der Waals surface area contributed by atoms with Crippen molar-refractivity contribution in [3.05, 3.63) is 29.3 Å². The molecule has 0 bridgehead atoms. The van der Waals surface area contributed by atoms with Gasteiger partial charge in [-0.15, -0.1) is 0 Å². The summed E-state index contributed by atoms with van der Waals surface area (Å²) >= 11 is 0. The second-order valence-electron chi connectivity index (χ2n) is 4.32. The number of carbonyl (C=O) groups excluding carboxylic acids is 1. The summed E-state index contributed by atoms with van der Waals surface area (Å²) < 4.78 is 5.64. The molecule has 0 fully saturated rings. The van der Waals surface area contributed by atoms with Crippen LogP contribution in [-0.2, 0) is 11.2 Å². The van der Waals surface area contributed by atoms with Crippen molar-refractivity contribution >= 4 is 5.91 Å². The van der Waals surface area contributed by atoms with Crippen LogP contribution in [0.4, 0.5) is 0 Å². The highest BCUT2D eigenvalue weighted by molar-refractivity contribution is 5.77. The maximum Gasteiger partial charge on any atom is 0.260 e. The molecule has 3 heteroatoms. The monoisotopic (exact) mass is 249 g/mol. The molecule has 18 heavy (non-hydrogen) atoms. The van der Waals surface area contributed by atoms with E-state index in [0.29, 0.717) is 0 Å². The van der Waals surface area contributed by atoms with Crippen molar-refractivity contribution in [3.63, 3.8) is 0 Å². The highest BCUT2D eigenvalue weighted by Gasteiger charge is 2.11. The summed E-state index contributed by atoms with van der Waals surface area (Å²) in [5.74, 6) is 0.867. The van der Waals surface area contributed by atoms with Gasteiger partial charge in [-0.3, -0.25) is 4.79 Å². The van der Waals surface area contributed by atoms with Gasteiger partial charge in [-0.05, 0) is 38.8 Å². The minimum absolute atomic E-state index is 0.0441. The molecule has 0 aliphatic carbocycles. The minimum atomic E-state index is 0.0441. The van der Waals surface area contributed by atoms with Gasteiger partial charge in [0, 0.05) is 13.1 Å². The van der Waals surface area contributed by atoms with Crippen LogP contribution in [0.2, 0.25) is 0 Å². The molecule has 1 aromatic carbocycles. The normalized spacial score (nSPS) is 10.2. The fourth-order valence-corrected chi connectivity index (χ4v) is 1.93. The first kappa shape index (κ1) is 14.6. The van der Waals surface area contributed by atoms with E-state index in [2.05, 4.69) is 19.9 Å². The summed E-state index contributed by atoms with van der Waals surface area (Å²) in [6, 6.07) is 6.07. The van der Waals surface area contributed by atoms with E-state index in [4.69, 9.17) is 4.74 Å². The third kappa shape index (κ3) is 3.76. The highest BCUT2D eigenvalue weighted by atomic mass is 16.5. The van der Waals surface area contributed by atoms with E-state index >= 15 is 0 Å². The van der Waals surface area contributed by atoms with Crippen LogP contribution in [0, 0.1) is 6.92 Å². The second-order valence-corrected chi connectivity index (χ2v) is 4.32. The molecule has 0 aliphatic heterocycles. The van der Waals surface area contributed by atoms with Crippen LogP contribution in [0.15, 0.2) is 18.2 Å². The molecular weight excluding hydrogens is 226 g/mol. The van der Waals surface area contributed by atoms with Gasteiger partial charge in [0.05, 0.1) is 0 Å². The molecule has 1 rings (SSSR count). The van der Waals surface area contributed by atoms with Gasteiger partial charge in [-0.25, -0.2) is 0 Å². The molecule has 0 saturated carbocycles.